The molecule has 4 nitrogen and oxygen atoms in total. The topological polar surface area (TPSA) is 32.2 Å². The van der Waals surface area contributed by atoms with E-state index in [4.69, 9.17) is 0 Å². The summed E-state index contributed by atoms with van der Waals surface area (Å²) in [4.78, 5) is 1.96. The Kier molecular flexibility index (Phi) is 3.13. The van der Waals surface area contributed by atoms with Crippen molar-refractivity contribution >= 4 is 28.0 Å². The second-order valence-electron chi connectivity index (χ2n) is 8.42. The molecule has 0 spiro atoms. The van der Waals surface area contributed by atoms with Crippen molar-refractivity contribution in [3.63, 3.8) is 0 Å². The van der Waals surface area contributed by atoms with Crippen LogP contribution in [0.1, 0.15) is 36.3 Å². The van der Waals surface area contributed by atoms with Crippen molar-refractivity contribution < 1.29 is 8.78 Å². The van der Waals surface area contributed by atoms with Gasteiger partial charge < -0.3 is 20.1 Å². The molecule has 2 aliphatic heterocycles. The SMILES string of the molecule is Cc1cc(F)c2c(c1)NC(c1cc3cc(F)cc4c3n1C(C1CC1)CN4)N2C. The zero-order valence-corrected chi connectivity index (χ0v) is 15.9. The van der Waals surface area contributed by atoms with Crippen LogP contribution in [-0.2, 0) is 0 Å². The van der Waals surface area contributed by atoms with E-state index in [2.05, 4.69) is 21.3 Å². The van der Waals surface area contributed by atoms with Gasteiger partial charge in [-0.2, -0.15) is 0 Å². The second-order valence-corrected chi connectivity index (χ2v) is 8.42. The summed E-state index contributed by atoms with van der Waals surface area (Å²) >= 11 is 0. The molecule has 2 aromatic carbocycles. The second kappa shape index (κ2) is 5.40. The van der Waals surface area contributed by atoms with E-state index in [-0.39, 0.29) is 17.8 Å². The molecule has 1 aliphatic carbocycles. The normalized spacial score (nSPS) is 22.9. The predicted molar refractivity (Wildman–Crippen MR) is 108 cm³/mol. The number of benzene rings is 2. The molecule has 2 N–H and O–H groups in total. The highest BCUT2D eigenvalue weighted by atomic mass is 19.1. The number of hydrogen-bond donors (Lipinski definition) is 2. The summed E-state index contributed by atoms with van der Waals surface area (Å²) in [6.07, 6.45) is 2.27. The van der Waals surface area contributed by atoms with Gasteiger partial charge in [0.2, 0.25) is 0 Å². The van der Waals surface area contributed by atoms with Gasteiger partial charge in [0.1, 0.15) is 17.8 Å². The van der Waals surface area contributed by atoms with Gasteiger partial charge in [-0.05, 0) is 61.6 Å². The van der Waals surface area contributed by atoms with Gasteiger partial charge >= 0.3 is 0 Å². The Hall–Kier alpha value is -2.76. The minimum atomic E-state index is -0.235. The largest absolute Gasteiger partial charge is 0.381 e. The van der Waals surface area contributed by atoms with Gasteiger partial charge in [0.15, 0.2) is 0 Å². The maximum atomic E-state index is 14.7. The molecule has 2 atom stereocenters. The highest BCUT2D eigenvalue weighted by Crippen LogP contribution is 2.49. The molecule has 3 heterocycles. The number of nitrogens with one attached hydrogen (secondary N) is 2. The van der Waals surface area contributed by atoms with Crippen molar-refractivity contribution in [3.8, 4) is 0 Å². The Bertz CT molecular complexity index is 1130. The molecule has 1 saturated carbocycles. The van der Waals surface area contributed by atoms with Crippen molar-refractivity contribution in [2.24, 2.45) is 5.92 Å². The van der Waals surface area contributed by atoms with Crippen LogP contribution in [0.15, 0.2) is 30.3 Å². The van der Waals surface area contributed by atoms with E-state index in [1.165, 1.54) is 12.8 Å². The molecule has 2 unspecified atom stereocenters. The van der Waals surface area contributed by atoms with Gasteiger partial charge in [0.25, 0.3) is 0 Å². The number of aromatic nitrogens is 1. The highest BCUT2D eigenvalue weighted by Gasteiger charge is 2.40. The molecule has 0 amide bonds. The number of hydrogen-bond acceptors (Lipinski definition) is 3. The Morgan fingerprint density at radius 3 is 2.64 bits per heavy atom. The average Bonchev–Trinajstić information content (AvgIpc) is 3.33. The third kappa shape index (κ3) is 2.14. The van der Waals surface area contributed by atoms with Gasteiger partial charge in [-0.25, -0.2) is 8.78 Å². The van der Waals surface area contributed by atoms with Gasteiger partial charge in [-0.3, -0.25) is 0 Å². The van der Waals surface area contributed by atoms with Gasteiger partial charge in [0, 0.05) is 19.0 Å². The third-order valence-corrected chi connectivity index (χ3v) is 6.45. The quantitative estimate of drug-likeness (QED) is 0.644. The van der Waals surface area contributed by atoms with Gasteiger partial charge in [0.05, 0.1) is 34.3 Å². The van der Waals surface area contributed by atoms with E-state index in [0.29, 0.717) is 17.6 Å². The summed E-state index contributed by atoms with van der Waals surface area (Å²) in [7, 11) is 1.92. The van der Waals surface area contributed by atoms with Crippen molar-refractivity contribution in [1.82, 2.24) is 4.57 Å². The number of aryl methyl sites for hydroxylation is 1. The fourth-order valence-corrected chi connectivity index (χ4v) is 5.07. The van der Waals surface area contributed by atoms with E-state index in [1.807, 2.05) is 24.9 Å². The molecular weight excluding hydrogens is 358 g/mol. The number of rotatable bonds is 2. The first-order valence-electron chi connectivity index (χ1n) is 9.89. The summed E-state index contributed by atoms with van der Waals surface area (Å²) in [6, 6.07) is 9.14. The van der Waals surface area contributed by atoms with Crippen LogP contribution in [-0.4, -0.2) is 18.2 Å². The Morgan fingerprint density at radius 2 is 1.86 bits per heavy atom. The molecule has 6 heteroatoms. The monoisotopic (exact) mass is 380 g/mol. The van der Waals surface area contributed by atoms with Crippen LogP contribution in [0.5, 0.6) is 0 Å². The molecule has 3 aliphatic rings. The average molecular weight is 380 g/mol. The maximum Gasteiger partial charge on any atom is 0.148 e. The molecule has 0 bridgehead atoms. The smallest absolute Gasteiger partial charge is 0.148 e. The van der Waals surface area contributed by atoms with E-state index in [1.54, 1.807) is 18.2 Å². The molecule has 144 valence electrons. The zero-order chi connectivity index (χ0) is 19.2. The van der Waals surface area contributed by atoms with Crippen LogP contribution in [0, 0.1) is 24.5 Å². The molecule has 6 rings (SSSR count). The van der Waals surface area contributed by atoms with Crippen LogP contribution in [0.25, 0.3) is 10.9 Å². The lowest BCUT2D eigenvalue weighted by Gasteiger charge is -2.32. The molecule has 1 aromatic heterocycles. The van der Waals surface area contributed by atoms with Crippen LogP contribution in [0.2, 0.25) is 0 Å². The Labute approximate surface area is 162 Å². The van der Waals surface area contributed by atoms with Crippen LogP contribution >= 0.6 is 0 Å². The van der Waals surface area contributed by atoms with E-state index < -0.39 is 0 Å². The molecular formula is C22H22F2N4. The fourth-order valence-electron chi connectivity index (χ4n) is 5.07. The first kappa shape index (κ1) is 16.2. The van der Waals surface area contributed by atoms with E-state index >= 15 is 0 Å². The lowest BCUT2D eigenvalue weighted by atomic mass is 10.1. The van der Waals surface area contributed by atoms with Crippen molar-refractivity contribution in [2.45, 2.75) is 32.0 Å². The van der Waals surface area contributed by atoms with Crippen molar-refractivity contribution in [2.75, 3.05) is 29.1 Å². The van der Waals surface area contributed by atoms with Crippen molar-refractivity contribution in [3.05, 3.63) is 53.2 Å². The summed E-state index contributed by atoms with van der Waals surface area (Å²) in [5.41, 5.74) is 5.27. The summed E-state index contributed by atoms with van der Waals surface area (Å²) in [5, 5.41) is 7.83. The lowest BCUT2D eigenvalue weighted by molar-refractivity contribution is 0.450. The highest BCUT2D eigenvalue weighted by molar-refractivity contribution is 5.94. The predicted octanol–water partition coefficient (Wildman–Crippen LogP) is 5.17. The minimum absolute atomic E-state index is 0.186. The van der Waals surface area contributed by atoms with Crippen molar-refractivity contribution in [1.29, 1.82) is 0 Å². The summed E-state index contributed by atoms with van der Waals surface area (Å²) < 4.78 is 31.2. The Morgan fingerprint density at radius 1 is 1.04 bits per heavy atom. The first-order chi connectivity index (χ1) is 13.5. The molecule has 0 saturated heterocycles. The van der Waals surface area contributed by atoms with Crippen LogP contribution < -0.4 is 15.5 Å². The maximum absolute atomic E-state index is 14.7. The first-order valence-corrected chi connectivity index (χ1v) is 9.89. The van der Waals surface area contributed by atoms with Gasteiger partial charge in [-0.15, -0.1) is 0 Å². The number of halogens is 2. The molecule has 28 heavy (non-hydrogen) atoms. The summed E-state index contributed by atoms with van der Waals surface area (Å²) in [5.74, 6) is 0.198. The lowest BCUT2D eigenvalue weighted by Crippen LogP contribution is -2.32. The number of nitrogens with zero attached hydrogens (tertiary/aromatic N) is 2. The Balaban J connectivity index is 1.55. The summed E-state index contributed by atoms with van der Waals surface area (Å²) in [6.45, 7) is 2.70. The number of fused-ring (bicyclic) bond motifs is 1. The molecule has 0 radical (unpaired) electrons. The molecule has 1 fully saturated rings. The molecule has 3 aromatic rings. The fraction of sp³-hybridized carbons (Fsp3) is 0.364. The minimum Gasteiger partial charge on any atom is -0.381 e. The van der Waals surface area contributed by atoms with Crippen LogP contribution in [0.3, 0.4) is 0 Å². The zero-order valence-electron chi connectivity index (χ0n) is 15.9. The van der Waals surface area contributed by atoms with Gasteiger partial charge in [-0.1, -0.05) is 0 Å². The van der Waals surface area contributed by atoms with Crippen LogP contribution in [0.4, 0.5) is 25.8 Å². The number of anilines is 3. The van der Waals surface area contributed by atoms with E-state index in [0.717, 1.165) is 40.1 Å². The standard InChI is InChI=1S/C22H22F2N4/c1-11-5-15(24)21-17(6-11)26-22(27(21)2)18-8-13-7-14(23)9-16-20(13)28(18)19(10-25-16)12-3-4-12/h5-9,12,19,22,25-26H,3-4,10H2,1-2H3. The van der Waals surface area contributed by atoms with E-state index in [9.17, 15) is 8.78 Å². The third-order valence-electron chi connectivity index (χ3n) is 6.45.